The molecular formula is C26H32N2O4. The van der Waals surface area contributed by atoms with E-state index in [1.807, 2.05) is 53.8 Å². The van der Waals surface area contributed by atoms with Crippen LogP contribution in [0.2, 0.25) is 0 Å². The van der Waals surface area contributed by atoms with Gasteiger partial charge in [-0.2, -0.15) is 0 Å². The standard InChI is InChI=1S/C26H32N2O4/c1-14-8-9-17(19(29)12-14)21-18-13-15(2)28-11-10-27(7)22(23(18)28)16(3)20(21)24(25(30)31)32-26(4,5)6/h8-9,12-13,24,29H,10-11H2,1-7H3,(H,30,31)/t24-/m0/s1. The fourth-order valence-corrected chi connectivity index (χ4v) is 4.94. The summed E-state index contributed by atoms with van der Waals surface area (Å²) in [5, 5.41) is 22.1. The summed E-state index contributed by atoms with van der Waals surface area (Å²) in [4.78, 5) is 14.7. The molecule has 0 fully saturated rings. The molecule has 170 valence electrons. The molecule has 6 nitrogen and oxygen atoms in total. The Kier molecular flexibility index (Phi) is 5.24. The van der Waals surface area contributed by atoms with Crippen molar-refractivity contribution >= 4 is 22.6 Å². The number of aryl methyl sites for hydroxylation is 2. The van der Waals surface area contributed by atoms with Crippen molar-refractivity contribution in [3.8, 4) is 16.9 Å². The molecule has 32 heavy (non-hydrogen) atoms. The molecule has 1 aromatic heterocycles. The van der Waals surface area contributed by atoms with E-state index in [9.17, 15) is 15.0 Å². The van der Waals surface area contributed by atoms with Gasteiger partial charge in [0.15, 0.2) is 6.10 Å². The number of aliphatic carboxylic acids is 1. The third-order valence-corrected chi connectivity index (χ3v) is 6.25. The molecule has 0 saturated carbocycles. The molecule has 0 bridgehead atoms. The van der Waals surface area contributed by atoms with E-state index >= 15 is 0 Å². The number of rotatable bonds is 4. The number of ether oxygens (including phenoxy) is 1. The zero-order valence-electron chi connectivity index (χ0n) is 19.9. The Labute approximate surface area is 189 Å². The molecule has 0 saturated heterocycles. The Balaban J connectivity index is 2.19. The molecule has 0 aliphatic carbocycles. The zero-order chi connectivity index (χ0) is 23.5. The number of carboxylic acid groups (broad SMARTS) is 1. The van der Waals surface area contributed by atoms with Crippen molar-refractivity contribution in [1.82, 2.24) is 4.57 Å². The van der Waals surface area contributed by atoms with E-state index in [2.05, 4.69) is 22.5 Å². The smallest absolute Gasteiger partial charge is 0.337 e. The number of hydrogen-bond acceptors (Lipinski definition) is 4. The van der Waals surface area contributed by atoms with Crippen LogP contribution in [0.15, 0.2) is 24.3 Å². The minimum Gasteiger partial charge on any atom is -0.507 e. The fourth-order valence-electron chi connectivity index (χ4n) is 4.94. The van der Waals surface area contributed by atoms with E-state index in [1.165, 1.54) is 0 Å². The van der Waals surface area contributed by atoms with E-state index in [0.29, 0.717) is 11.1 Å². The van der Waals surface area contributed by atoms with Crippen LogP contribution in [0.4, 0.5) is 5.69 Å². The maximum absolute atomic E-state index is 12.5. The first-order valence-electron chi connectivity index (χ1n) is 11.0. The van der Waals surface area contributed by atoms with Crippen LogP contribution < -0.4 is 4.90 Å². The maximum atomic E-state index is 12.5. The van der Waals surface area contributed by atoms with Crippen molar-refractivity contribution < 1.29 is 19.7 Å². The van der Waals surface area contributed by atoms with Crippen LogP contribution in [0, 0.1) is 20.8 Å². The van der Waals surface area contributed by atoms with Crippen LogP contribution in [0.5, 0.6) is 5.75 Å². The van der Waals surface area contributed by atoms with Gasteiger partial charge >= 0.3 is 5.97 Å². The summed E-state index contributed by atoms with van der Waals surface area (Å²) in [5.41, 5.74) is 6.30. The fraction of sp³-hybridized carbons (Fsp3) is 0.423. The highest BCUT2D eigenvalue weighted by atomic mass is 16.5. The van der Waals surface area contributed by atoms with Crippen molar-refractivity contribution in [2.45, 2.75) is 59.8 Å². The quantitative estimate of drug-likeness (QED) is 0.578. The van der Waals surface area contributed by atoms with E-state index in [1.54, 1.807) is 6.07 Å². The summed E-state index contributed by atoms with van der Waals surface area (Å²) in [6.45, 7) is 13.2. The lowest BCUT2D eigenvalue weighted by atomic mass is 9.86. The normalized spacial score (nSPS) is 14.8. The summed E-state index contributed by atoms with van der Waals surface area (Å²) < 4.78 is 8.41. The summed E-state index contributed by atoms with van der Waals surface area (Å²) in [5.74, 6) is -0.910. The van der Waals surface area contributed by atoms with Gasteiger partial charge in [0.05, 0.1) is 16.8 Å². The van der Waals surface area contributed by atoms with Crippen molar-refractivity contribution in [3.63, 3.8) is 0 Å². The third-order valence-electron chi connectivity index (χ3n) is 6.25. The molecule has 2 aromatic carbocycles. The Morgan fingerprint density at radius 1 is 1.12 bits per heavy atom. The molecule has 0 spiro atoms. The van der Waals surface area contributed by atoms with Crippen LogP contribution in [0.3, 0.4) is 0 Å². The average molecular weight is 437 g/mol. The topological polar surface area (TPSA) is 74.9 Å². The summed E-state index contributed by atoms with van der Waals surface area (Å²) in [6.07, 6.45) is -1.18. The lowest BCUT2D eigenvalue weighted by molar-refractivity contribution is -0.160. The summed E-state index contributed by atoms with van der Waals surface area (Å²) in [7, 11) is 2.04. The molecule has 1 aliphatic rings. The van der Waals surface area contributed by atoms with Crippen molar-refractivity contribution in [3.05, 3.63) is 46.6 Å². The number of carbonyl (C=O) groups is 1. The molecule has 6 heteroatoms. The second-order valence-electron chi connectivity index (χ2n) is 9.85. The number of aromatic nitrogens is 1. The van der Waals surface area contributed by atoms with Crippen LogP contribution in [0.1, 0.15) is 49.3 Å². The Hall–Kier alpha value is -2.99. The van der Waals surface area contributed by atoms with Crippen LogP contribution >= 0.6 is 0 Å². The van der Waals surface area contributed by atoms with E-state index < -0.39 is 17.7 Å². The van der Waals surface area contributed by atoms with Crippen LogP contribution in [-0.2, 0) is 16.1 Å². The highest BCUT2D eigenvalue weighted by Crippen LogP contribution is 2.49. The Morgan fingerprint density at radius 3 is 2.41 bits per heavy atom. The molecule has 0 amide bonds. The molecule has 4 rings (SSSR count). The molecule has 3 aromatic rings. The first-order chi connectivity index (χ1) is 14.9. The number of benzene rings is 2. The Bertz CT molecular complexity index is 1230. The van der Waals surface area contributed by atoms with Gasteiger partial charge in [-0.3, -0.25) is 0 Å². The second kappa shape index (κ2) is 7.55. The van der Waals surface area contributed by atoms with E-state index in [-0.39, 0.29) is 5.75 Å². The van der Waals surface area contributed by atoms with Gasteiger partial charge in [-0.05, 0) is 64.8 Å². The number of carboxylic acids is 1. The third kappa shape index (κ3) is 3.52. The van der Waals surface area contributed by atoms with Gasteiger partial charge < -0.3 is 24.4 Å². The van der Waals surface area contributed by atoms with Gasteiger partial charge in [-0.1, -0.05) is 12.1 Å². The van der Waals surface area contributed by atoms with Crippen molar-refractivity contribution in [1.29, 1.82) is 0 Å². The lowest BCUT2D eigenvalue weighted by Gasteiger charge is -2.34. The van der Waals surface area contributed by atoms with Crippen LogP contribution in [0.25, 0.3) is 22.0 Å². The first-order valence-corrected chi connectivity index (χ1v) is 11.0. The molecular weight excluding hydrogens is 404 g/mol. The largest absolute Gasteiger partial charge is 0.507 e. The molecule has 2 heterocycles. The minimum absolute atomic E-state index is 0.135. The Morgan fingerprint density at radius 2 is 1.81 bits per heavy atom. The van der Waals surface area contributed by atoms with Gasteiger partial charge in [-0.15, -0.1) is 0 Å². The molecule has 1 aliphatic heterocycles. The number of likely N-dealkylation sites (N-methyl/N-ethyl adjacent to an activating group) is 1. The lowest BCUT2D eigenvalue weighted by Crippen LogP contribution is -2.31. The maximum Gasteiger partial charge on any atom is 0.337 e. The number of nitrogens with zero attached hydrogens (tertiary/aromatic N) is 2. The SMILES string of the molecule is Cc1ccc(-c2c([C@H](OC(C)(C)C)C(=O)O)c(C)c3c4c2cc(C)n4CCN3C)c(O)c1. The number of hydrogen-bond donors (Lipinski definition) is 2. The zero-order valence-corrected chi connectivity index (χ0v) is 19.9. The highest BCUT2D eigenvalue weighted by Gasteiger charge is 2.35. The van der Waals surface area contributed by atoms with E-state index in [0.717, 1.165) is 52.1 Å². The number of anilines is 1. The number of phenolic OH excluding ortho intramolecular Hbond substituents is 1. The second-order valence-corrected chi connectivity index (χ2v) is 9.85. The number of aromatic hydroxyl groups is 1. The predicted octanol–water partition coefficient (Wildman–Crippen LogP) is 5.33. The predicted molar refractivity (Wildman–Crippen MR) is 128 cm³/mol. The molecule has 1 atom stereocenters. The van der Waals surface area contributed by atoms with Crippen molar-refractivity contribution in [2.75, 3.05) is 18.5 Å². The van der Waals surface area contributed by atoms with Crippen LogP contribution in [-0.4, -0.2) is 39.9 Å². The van der Waals surface area contributed by atoms with Gasteiger partial charge in [-0.25, -0.2) is 4.79 Å². The van der Waals surface area contributed by atoms with E-state index in [4.69, 9.17) is 4.74 Å². The molecule has 0 unspecified atom stereocenters. The van der Waals surface area contributed by atoms with Gasteiger partial charge in [0, 0.05) is 47.9 Å². The number of phenols is 1. The average Bonchev–Trinajstić information content (AvgIpc) is 3.00. The minimum atomic E-state index is -1.18. The van der Waals surface area contributed by atoms with Gasteiger partial charge in [0.1, 0.15) is 5.75 Å². The highest BCUT2D eigenvalue weighted by molar-refractivity contribution is 6.08. The van der Waals surface area contributed by atoms with Gasteiger partial charge in [0.25, 0.3) is 0 Å². The van der Waals surface area contributed by atoms with Crippen molar-refractivity contribution in [2.24, 2.45) is 0 Å². The molecule has 2 N–H and O–H groups in total. The summed E-state index contributed by atoms with van der Waals surface area (Å²) >= 11 is 0. The first kappa shape index (κ1) is 22.2. The monoisotopic (exact) mass is 436 g/mol. The van der Waals surface area contributed by atoms with Gasteiger partial charge in [0.2, 0.25) is 0 Å². The summed E-state index contributed by atoms with van der Waals surface area (Å²) in [6, 6.07) is 7.64. The molecule has 0 radical (unpaired) electrons.